The Hall–Kier alpha value is 0.270. The zero-order chi connectivity index (χ0) is 11.2. The molecule has 2 rings (SSSR count). The summed E-state index contributed by atoms with van der Waals surface area (Å²) < 4.78 is 0. The highest BCUT2D eigenvalue weighted by molar-refractivity contribution is 7.99. The SMILES string of the molecule is CC(CC1CCCCN1)N1CCCSCC1. The average Bonchev–Trinajstić information content (AvgIpc) is 2.59. The predicted molar refractivity (Wildman–Crippen MR) is 73.2 cm³/mol. The second-order valence-corrected chi connectivity index (χ2v) is 6.46. The summed E-state index contributed by atoms with van der Waals surface area (Å²) in [5.41, 5.74) is 0. The Morgan fingerprint density at radius 2 is 2.19 bits per heavy atom. The molecule has 0 amide bonds. The van der Waals surface area contributed by atoms with Crippen LogP contribution in [0, 0.1) is 0 Å². The lowest BCUT2D eigenvalue weighted by Crippen LogP contribution is -2.42. The maximum Gasteiger partial charge on any atom is 0.00820 e. The first-order valence-corrected chi connectivity index (χ1v) is 8.07. The Morgan fingerprint density at radius 1 is 1.25 bits per heavy atom. The summed E-state index contributed by atoms with van der Waals surface area (Å²) in [7, 11) is 0. The first-order chi connectivity index (χ1) is 7.86. The van der Waals surface area contributed by atoms with Crippen molar-refractivity contribution in [3.05, 3.63) is 0 Å². The van der Waals surface area contributed by atoms with Crippen LogP contribution >= 0.6 is 11.8 Å². The molecular formula is C13H26N2S. The van der Waals surface area contributed by atoms with Gasteiger partial charge in [-0.15, -0.1) is 0 Å². The van der Waals surface area contributed by atoms with E-state index in [1.807, 2.05) is 0 Å². The van der Waals surface area contributed by atoms with E-state index in [-0.39, 0.29) is 0 Å². The van der Waals surface area contributed by atoms with Gasteiger partial charge in [-0.3, -0.25) is 4.90 Å². The average molecular weight is 242 g/mol. The Labute approximate surface area is 105 Å². The second kappa shape index (κ2) is 6.87. The van der Waals surface area contributed by atoms with Gasteiger partial charge in [0.05, 0.1) is 0 Å². The minimum atomic E-state index is 0.772. The minimum absolute atomic E-state index is 0.772. The van der Waals surface area contributed by atoms with E-state index in [0.717, 1.165) is 12.1 Å². The number of piperidine rings is 1. The summed E-state index contributed by atoms with van der Waals surface area (Å²) in [6.45, 7) is 6.29. The summed E-state index contributed by atoms with van der Waals surface area (Å²) >= 11 is 2.13. The van der Waals surface area contributed by atoms with Crippen molar-refractivity contribution >= 4 is 11.8 Å². The Bertz CT molecular complexity index is 184. The first-order valence-electron chi connectivity index (χ1n) is 6.91. The largest absolute Gasteiger partial charge is 0.314 e. The van der Waals surface area contributed by atoms with Gasteiger partial charge in [0.1, 0.15) is 0 Å². The maximum atomic E-state index is 3.67. The van der Waals surface area contributed by atoms with Gasteiger partial charge in [0.25, 0.3) is 0 Å². The van der Waals surface area contributed by atoms with E-state index in [4.69, 9.17) is 0 Å². The number of hydrogen-bond acceptors (Lipinski definition) is 3. The molecule has 0 aromatic carbocycles. The van der Waals surface area contributed by atoms with E-state index in [9.17, 15) is 0 Å². The molecule has 0 aliphatic carbocycles. The van der Waals surface area contributed by atoms with Gasteiger partial charge >= 0.3 is 0 Å². The molecule has 3 heteroatoms. The summed E-state index contributed by atoms with van der Waals surface area (Å²) in [5, 5.41) is 3.67. The molecule has 0 bridgehead atoms. The predicted octanol–water partition coefficient (Wildman–Crippen LogP) is 2.35. The van der Waals surface area contributed by atoms with Crippen molar-refractivity contribution in [3.8, 4) is 0 Å². The number of rotatable bonds is 3. The fourth-order valence-electron chi connectivity index (χ4n) is 2.89. The highest BCUT2D eigenvalue weighted by Gasteiger charge is 2.20. The number of nitrogens with one attached hydrogen (secondary N) is 1. The quantitative estimate of drug-likeness (QED) is 0.818. The van der Waals surface area contributed by atoms with Crippen LogP contribution in [0.25, 0.3) is 0 Å². The van der Waals surface area contributed by atoms with Gasteiger partial charge in [-0.05, 0) is 51.4 Å². The monoisotopic (exact) mass is 242 g/mol. The normalized spacial score (nSPS) is 30.9. The second-order valence-electron chi connectivity index (χ2n) is 5.23. The van der Waals surface area contributed by atoms with Gasteiger partial charge in [0.2, 0.25) is 0 Å². The molecule has 2 fully saturated rings. The van der Waals surface area contributed by atoms with Crippen LogP contribution < -0.4 is 5.32 Å². The Balaban J connectivity index is 1.74. The van der Waals surface area contributed by atoms with Crippen molar-refractivity contribution in [1.82, 2.24) is 10.2 Å². The molecule has 1 N–H and O–H groups in total. The van der Waals surface area contributed by atoms with Crippen LogP contribution in [0.1, 0.15) is 39.0 Å². The molecule has 0 aromatic heterocycles. The third kappa shape index (κ3) is 3.94. The van der Waals surface area contributed by atoms with Gasteiger partial charge in [-0.2, -0.15) is 11.8 Å². The lowest BCUT2D eigenvalue weighted by atomic mass is 9.98. The smallest absolute Gasteiger partial charge is 0.00820 e. The summed E-state index contributed by atoms with van der Waals surface area (Å²) in [4.78, 5) is 2.70. The topological polar surface area (TPSA) is 15.3 Å². The lowest BCUT2D eigenvalue weighted by molar-refractivity contribution is 0.192. The molecule has 2 aliphatic heterocycles. The maximum absolute atomic E-state index is 3.67. The standard InChI is InChI=1S/C13H26N2S/c1-12(11-13-5-2-3-6-14-13)15-7-4-9-16-10-8-15/h12-14H,2-11H2,1H3. The first kappa shape index (κ1) is 12.7. The third-order valence-corrected chi connectivity index (χ3v) is 4.97. The summed E-state index contributed by atoms with van der Waals surface area (Å²) in [5.74, 6) is 2.70. The molecule has 0 radical (unpaired) electrons. The van der Waals surface area contributed by atoms with Crippen LogP contribution in [0.4, 0.5) is 0 Å². The van der Waals surface area contributed by atoms with Gasteiger partial charge in [-0.1, -0.05) is 6.42 Å². The van der Waals surface area contributed by atoms with Crippen molar-refractivity contribution in [2.75, 3.05) is 31.1 Å². The van der Waals surface area contributed by atoms with E-state index in [2.05, 4.69) is 28.9 Å². The van der Waals surface area contributed by atoms with E-state index in [1.165, 1.54) is 63.2 Å². The summed E-state index contributed by atoms with van der Waals surface area (Å²) in [6.07, 6.45) is 6.94. The van der Waals surface area contributed by atoms with Crippen LogP contribution in [0.2, 0.25) is 0 Å². The van der Waals surface area contributed by atoms with Gasteiger partial charge in [0, 0.05) is 24.4 Å². The Morgan fingerprint density at radius 3 is 3.00 bits per heavy atom. The van der Waals surface area contributed by atoms with E-state index < -0.39 is 0 Å². The molecular weight excluding hydrogens is 216 g/mol. The molecule has 0 aromatic rings. The molecule has 16 heavy (non-hydrogen) atoms. The number of hydrogen-bond donors (Lipinski definition) is 1. The van der Waals surface area contributed by atoms with Crippen LogP contribution in [-0.4, -0.2) is 48.1 Å². The lowest BCUT2D eigenvalue weighted by Gasteiger charge is -2.32. The highest BCUT2D eigenvalue weighted by Crippen LogP contribution is 2.18. The van der Waals surface area contributed by atoms with Crippen molar-refractivity contribution < 1.29 is 0 Å². The molecule has 2 nitrogen and oxygen atoms in total. The van der Waals surface area contributed by atoms with E-state index in [1.54, 1.807) is 0 Å². The number of nitrogens with zero attached hydrogens (tertiary/aromatic N) is 1. The van der Waals surface area contributed by atoms with E-state index in [0.29, 0.717) is 0 Å². The fraction of sp³-hybridized carbons (Fsp3) is 1.00. The molecule has 2 aliphatic rings. The molecule has 2 atom stereocenters. The Kier molecular flexibility index (Phi) is 5.46. The van der Waals surface area contributed by atoms with E-state index >= 15 is 0 Å². The minimum Gasteiger partial charge on any atom is -0.314 e. The van der Waals surface area contributed by atoms with Crippen molar-refractivity contribution in [1.29, 1.82) is 0 Å². The van der Waals surface area contributed by atoms with Crippen LogP contribution in [0.3, 0.4) is 0 Å². The molecule has 94 valence electrons. The van der Waals surface area contributed by atoms with Crippen LogP contribution in [-0.2, 0) is 0 Å². The molecule has 2 heterocycles. The molecule has 0 saturated carbocycles. The van der Waals surface area contributed by atoms with Crippen molar-refractivity contribution in [3.63, 3.8) is 0 Å². The van der Waals surface area contributed by atoms with Gasteiger partial charge < -0.3 is 5.32 Å². The summed E-state index contributed by atoms with van der Waals surface area (Å²) in [6, 6.07) is 1.56. The molecule has 0 spiro atoms. The molecule has 2 saturated heterocycles. The third-order valence-electron chi connectivity index (χ3n) is 3.92. The van der Waals surface area contributed by atoms with Crippen LogP contribution in [0.15, 0.2) is 0 Å². The highest BCUT2D eigenvalue weighted by atomic mass is 32.2. The van der Waals surface area contributed by atoms with Crippen molar-refractivity contribution in [2.45, 2.75) is 51.1 Å². The van der Waals surface area contributed by atoms with Crippen LogP contribution in [0.5, 0.6) is 0 Å². The number of thioether (sulfide) groups is 1. The van der Waals surface area contributed by atoms with Gasteiger partial charge in [-0.25, -0.2) is 0 Å². The fourth-order valence-corrected chi connectivity index (χ4v) is 3.79. The van der Waals surface area contributed by atoms with Gasteiger partial charge in [0.15, 0.2) is 0 Å². The zero-order valence-electron chi connectivity index (χ0n) is 10.6. The zero-order valence-corrected chi connectivity index (χ0v) is 11.4. The molecule has 2 unspecified atom stereocenters. The van der Waals surface area contributed by atoms with Crippen molar-refractivity contribution in [2.24, 2.45) is 0 Å².